The standard InChI is InChI=1S/C16H19NO2S/c1-3-17(11-15-8-5-9-20-15)16(18)14-7-4-6-13(10-14)12-19-2/h4-10H,3,11-12H2,1-2H3. The third kappa shape index (κ3) is 3.68. The van der Waals surface area contributed by atoms with E-state index >= 15 is 0 Å². The van der Waals surface area contributed by atoms with E-state index in [9.17, 15) is 4.79 Å². The Bertz CT molecular complexity index is 551. The van der Waals surface area contributed by atoms with E-state index in [0.717, 1.165) is 11.1 Å². The summed E-state index contributed by atoms with van der Waals surface area (Å²) >= 11 is 1.68. The van der Waals surface area contributed by atoms with Gasteiger partial charge in [0.15, 0.2) is 0 Å². The average Bonchev–Trinajstić information content (AvgIpc) is 2.98. The maximum absolute atomic E-state index is 12.5. The van der Waals surface area contributed by atoms with Crippen LogP contribution in [0.1, 0.15) is 27.7 Å². The molecule has 0 bridgehead atoms. The summed E-state index contributed by atoms with van der Waals surface area (Å²) in [5.74, 6) is 0.0684. The first-order valence-corrected chi connectivity index (χ1v) is 7.52. The molecule has 0 spiro atoms. The van der Waals surface area contributed by atoms with Gasteiger partial charge in [-0.2, -0.15) is 0 Å². The normalized spacial score (nSPS) is 10.5. The molecule has 0 N–H and O–H groups in total. The van der Waals surface area contributed by atoms with E-state index in [-0.39, 0.29) is 5.91 Å². The molecule has 1 aromatic carbocycles. The lowest BCUT2D eigenvalue weighted by atomic mass is 10.1. The molecule has 2 rings (SSSR count). The molecule has 1 amide bonds. The zero-order valence-electron chi connectivity index (χ0n) is 11.8. The molecule has 3 nitrogen and oxygen atoms in total. The largest absolute Gasteiger partial charge is 0.380 e. The molecule has 0 aliphatic rings. The number of amides is 1. The number of carbonyl (C=O) groups excluding carboxylic acids is 1. The number of hydrogen-bond donors (Lipinski definition) is 0. The topological polar surface area (TPSA) is 29.5 Å². The predicted molar refractivity (Wildman–Crippen MR) is 81.9 cm³/mol. The molecule has 106 valence electrons. The van der Waals surface area contributed by atoms with Crippen molar-refractivity contribution in [3.8, 4) is 0 Å². The van der Waals surface area contributed by atoms with Gasteiger partial charge in [-0.15, -0.1) is 11.3 Å². The molecule has 0 unspecified atom stereocenters. The monoisotopic (exact) mass is 289 g/mol. The Morgan fingerprint density at radius 2 is 2.15 bits per heavy atom. The van der Waals surface area contributed by atoms with E-state index in [2.05, 4.69) is 6.07 Å². The van der Waals surface area contributed by atoms with Gasteiger partial charge in [0.25, 0.3) is 5.91 Å². The SMILES string of the molecule is CCN(Cc1cccs1)C(=O)c1cccc(COC)c1. The molecule has 1 aromatic heterocycles. The van der Waals surface area contributed by atoms with Crippen LogP contribution in [0.25, 0.3) is 0 Å². The fourth-order valence-corrected chi connectivity index (χ4v) is 2.78. The Morgan fingerprint density at radius 1 is 1.30 bits per heavy atom. The summed E-state index contributed by atoms with van der Waals surface area (Å²) in [4.78, 5) is 15.6. The lowest BCUT2D eigenvalue weighted by Gasteiger charge is -2.20. The van der Waals surface area contributed by atoms with E-state index in [1.54, 1.807) is 18.4 Å². The number of rotatable bonds is 6. The van der Waals surface area contributed by atoms with Crippen LogP contribution >= 0.6 is 11.3 Å². The average molecular weight is 289 g/mol. The quantitative estimate of drug-likeness (QED) is 0.814. The van der Waals surface area contributed by atoms with Crippen LogP contribution < -0.4 is 0 Å². The van der Waals surface area contributed by atoms with Crippen molar-refractivity contribution in [3.63, 3.8) is 0 Å². The number of carbonyl (C=O) groups is 1. The summed E-state index contributed by atoms with van der Waals surface area (Å²) in [5.41, 5.74) is 1.74. The Morgan fingerprint density at radius 3 is 2.80 bits per heavy atom. The van der Waals surface area contributed by atoms with Gasteiger partial charge in [-0.3, -0.25) is 4.79 Å². The highest BCUT2D eigenvalue weighted by Gasteiger charge is 2.15. The first-order chi connectivity index (χ1) is 9.74. The number of nitrogens with zero attached hydrogens (tertiary/aromatic N) is 1. The molecule has 0 saturated carbocycles. The lowest BCUT2D eigenvalue weighted by molar-refractivity contribution is 0.0754. The molecule has 0 atom stereocenters. The van der Waals surface area contributed by atoms with Gasteiger partial charge in [0.05, 0.1) is 13.2 Å². The van der Waals surface area contributed by atoms with Gasteiger partial charge in [0.1, 0.15) is 0 Å². The van der Waals surface area contributed by atoms with Gasteiger partial charge < -0.3 is 9.64 Å². The van der Waals surface area contributed by atoms with Gasteiger partial charge >= 0.3 is 0 Å². The molecule has 0 aliphatic heterocycles. The predicted octanol–water partition coefficient (Wildman–Crippen LogP) is 3.56. The summed E-state index contributed by atoms with van der Waals surface area (Å²) in [5, 5.41) is 2.03. The van der Waals surface area contributed by atoms with Crippen LogP contribution in [0.5, 0.6) is 0 Å². The third-order valence-corrected chi connectivity index (χ3v) is 3.94. The second-order valence-corrected chi connectivity index (χ2v) is 5.56. The van der Waals surface area contributed by atoms with E-state index < -0.39 is 0 Å². The molecule has 20 heavy (non-hydrogen) atoms. The fraction of sp³-hybridized carbons (Fsp3) is 0.312. The van der Waals surface area contributed by atoms with Crippen molar-refractivity contribution in [1.82, 2.24) is 4.90 Å². The zero-order valence-corrected chi connectivity index (χ0v) is 12.7. The molecular formula is C16H19NO2S. The molecule has 1 heterocycles. The minimum Gasteiger partial charge on any atom is -0.380 e. The summed E-state index contributed by atoms with van der Waals surface area (Å²) in [7, 11) is 1.66. The molecule has 2 aromatic rings. The number of ether oxygens (including phenoxy) is 1. The maximum atomic E-state index is 12.5. The fourth-order valence-electron chi connectivity index (χ4n) is 2.06. The first-order valence-electron chi connectivity index (χ1n) is 6.64. The summed E-state index contributed by atoms with van der Waals surface area (Å²) in [6.45, 7) is 3.90. The minimum atomic E-state index is 0.0684. The molecule has 0 aliphatic carbocycles. The Kier molecular flexibility index (Phi) is 5.32. The number of hydrogen-bond acceptors (Lipinski definition) is 3. The van der Waals surface area contributed by atoms with Gasteiger partial charge in [0.2, 0.25) is 0 Å². The highest BCUT2D eigenvalue weighted by molar-refractivity contribution is 7.09. The molecule has 0 radical (unpaired) electrons. The highest BCUT2D eigenvalue weighted by atomic mass is 32.1. The van der Waals surface area contributed by atoms with Crippen LogP contribution in [0.2, 0.25) is 0 Å². The van der Waals surface area contributed by atoms with E-state index in [1.165, 1.54) is 4.88 Å². The van der Waals surface area contributed by atoms with Gasteiger partial charge in [0, 0.05) is 24.1 Å². The number of thiophene rings is 1. The van der Waals surface area contributed by atoms with Gasteiger partial charge in [-0.1, -0.05) is 18.2 Å². The van der Waals surface area contributed by atoms with Crippen molar-refractivity contribution in [2.45, 2.75) is 20.1 Å². The highest BCUT2D eigenvalue weighted by Crippen LogP contribution is 2.15. The van der Waals surface area contributed by atoms with Crippen LogP contribution in [0.15, 0.2) is 41.8 Å². The van der Waals surface area contributed by atoms with E-state index in [0.29, 0.717) is 19.7 Å². The summed E-state index contributed by atoms with van der Waals surface area (Å²) in [6, 6.07) is 11.7. The number of methoxy groups -OCH3 is 1. The Balaban J connectivity index is 2.13. The second kappa shape index (κ2) is 7.22. The van der Waals surface area contributed by atoms with E-state index in [1.807, 2.05) is 47.5 Å². The molecular weight excluding hydrogens is 270 g/mol. The van der Waals surface area contributed by atoms with Crippen molar-refractivity contribution in [3.05, 3.63) is 57.8 Å². The second-order valence-electron chi connectivity index (χ2n) is 4.53. The van der Waals surface area contributed by atoms with Crippen molar-refractivity contribution in [1.29, 1.82) is 0 Å². The van der Waals surface area contributed by atoms with Crippen LogP contribution in [-0.4, -0.2) is 24.5 Å². The van der Waals surface area contributed by atoms with Crippen molar-refractivity contribution in [2.75, 3.05) is 13.7 Å². The summed E-state index contributed by atoms with van der Waals surface area (Å²) < 4.78 is 5.11. The minimum absolute atomic E-state index is 0.0684. The summed E-state index contributed by atoms with van der Waals surface area (Å²) in [6.07, 6.45) is 0. The van der Waals surface area contributed by atoms with Crippen LogP contribution in [0.4, 0.5) is 0 Å². The molecule has 4 heteroatoms. The van der Waals surface area contributed by atoms with Crippen LogP contribution in [0, 0.1) is 0 Å². The van der Waals surface area contributed by atoms with Crippen molar-refractivity contribution in [2.24, 2.45) is 0 Å². The smallest absolute Gasteiger partial charge is 0.254 e. The molecule has 0 fully saturated rings. The van der Waals surface area contributed by atoms with Crippen LogP contribution in [0.3, 0.4) is 0 Å². The van der Waals surface area contributed by atoms with E-state index in [4.69, 9.17) is 4.74 Å². The van der Waals surface area contributed by atoms with Gasteiger partial charge in [-0.05, 0) is 36.1 Å². The van der Waals surface area contributed by atoms with Gasteiger partial charge in [-0.25, -0.2) is 0 Å². The Hall–Kier alpha value is -1.65. The van der Waals surface area contributed by atoms with Crippen LogP contribution in [-0.2, 0) is 17.9 Å². The van der Waals surface area contributed by atoms with Crippen molar-refractivity contribution < 1.29 is 9.53 Å². The maximum Gasteiger partial charge on any atom is 0.254 e. The number of benzene rings is 1. The Labute approximate surface area is 123 Å². The first kappa shape index (κ1) is 14.8. The van der Waals surface area contributed by atoms with Crippen molar-refractivity contribution >= 4 is 17.2 Å². The zero-order chi connectivity index (χ0) is 14.4. The molecule has 0 saturated heterocycles. The third-order valence-electron chi connectivity index (χ3n) is 3.08. The lowest BCUT2D eigenvalue weighted by Crippen LogP contribution is -2.30.